The maximum Gasteiger partial charge on any atom is 0.453 e. The van der Waals surface area contributed by atoms with Crippen LogP contribution in [0.3, 0.4) is 0 Å². The van der Waals surface area contributed by atoms with Gasteiger partial charge in [-0.05, 0) is 18.0 Å². The van der Waals surface area contributed by atoms with E-state index < -0.39 is 12.1 Å². The summed E-state index contributed by atoms with van der Waals surface area (Å²) in [5.41, 5.74) is 1.02. The Morgan fingerprint density at radius 1 is 1.22 bits per heavy atom. The van der Waals surface area contributed by atoms with Crippen molar-refractivity contribution in [2.45, 2.75) is 13.0 Å². The SMILES string of the molecule is CC[N+]1=C(N=Nc2c(O)[nH]c3ccccc23)N=C2C1C(=O)N(C)C(=O)N2C. The van der Waals surface area contributed by atoms with E-state index in [1.54, 1.807) is 11.6 Å². The summed E-state index contributed by atoms with van der Waals surface area (Å²) >= 11 is 0. The van der Waals surface area contributed by atoms with Gasteiger partial charge in [0.05, 0.1) is 12.1 Å². The Hall–Kier alpha value is -3.56. The highest BCUT2D eigenvalue weighted by Crippen LogP contribution is 2.35. The smallest absolute Gasteiger partial charge is 0.453 e. The third kappa shape index (κ3) is 2.40. The van der Waals surface area contributed by atoms with E-state index in [1.165, 1.54) is 11.9 Å². The van der Waals surface area contributed by atoms with Crippen LogP contribution >= 0.6 is 0 Å². The van der Waals surface area contributed by atoms with Crippen LogP contribution in [-0.4, -0.2) is 74.9 Å². The monoisotopic (exact) mass is 368 g/mol. The molecule has 2 aromatic rings. The van der Waals surface area contributed by atoms with E-state index in [9.17, 15) is 14.7 Å². The third-order valence-corrected chi connectivity index (χ3v) is 4.75. The summed E-state index contributed by atoms with van der Waals surface area (Å²) in [4.78, 5) is 34.3. The second kappa shape index (κ2) is 6.01. The predicted molar refractivity (Wildman–Crippen MR) is 97.4 cm³/mol. The van der Waals surface area contributed by atoms with Crippen LogP contribution in [0.4, 0.5) is 10.5 Å². The number of guanidine groups is 1. The summed E-state index contributed by atoms with van der Waals surface area (Å²) in [5.74, 6) is 0.0705. The average molecular weight is 368 g/mol. The summed E-state index contributed by atoms with van der Waals surface area (Å²) < 4.78 is 1.67. The number of rotatable bonds is 2. The Balaban J connectivity index is 1.77. The number of benzene rings is 1. The lowest BCUT2D eigenvalue weighted by Gasteiger charge is -2.31. The van der Waals surface area contributed by atoms with Crippen molar-refractivity contribution in [3.63, 3.8) is 0 Å². The lowest BCUT2D eigenvalue weighted by atomic mass is 10.1. The molecular weight excluding hydrogens is 350 g/mol. The van der Waals surface area contributed by atoms with Gasteiger partial charge in [0.15, 0.2) is 5.69 Å². The number of aromatic amines is 1. The van der Waals surface area contributed by atoms with Crippen molar-refractivity contribution in [1.82, 2.24) is 14.8 Å². The number of H-pyrrole nitrogens is 1. The van der Waals surface area contributed by atoms with Crippen molar-refractivity contribution in [2.75, 3.05) is 20.6 Å². The Bertz CT molecular complexity index is 1070. The molecule has 27 heavy (non-hydrogen) atoms. The number of nitrogens with one attached hydrogen (secondary N) is 1. The largest absolute Gasteiger partial charge is 0.493 e. The molecule has 3 amide bonds. The van der Waals surface area contributed by atoms with E-state index in [1.807, 2.05) is 31.2 Å². The number of carbonyl (C=O) groups excluding carboxylic acids is 2. The highest BCUT2D eigenvalue weighted by atomic mass is 16.3. The van der Waals surface area contributed by atoms with E-state index in [-0.39, 0.29) is 23.4 Å². The summed E-state index contributed by atoms with van der Waals surface area (Å²) in [6.45, 7) is 2.31. The van der Waals surface area contributed by atoms with Gasteiger partial charge in [-0.2, -0.15) is 0 Å². The number of amides is 3. The van der Waals surface area contributed by atoms with Crippen LogP contribution in [0.2, 0.25) is 0 Å². The number of aliphatic imine (C=N–C) groups is 1. The fourth-order valence-electron chi connectivity index (χ4n) is 3.30. The Morgan fingerprint density at radius 3 is 2.70 bits per heavy atom. The minimum Gasteiger partial charge on any atom is -0.493 e. The Labute approximate surface area is 154 Å². The van der Waals surface area contributed by atoms with Gasteiger partial charge in [-0.15, -0.1) is 0 Å². The molecule has 0 saturated carbocycles. The van der Waals surface area contributed by atoms with Crippen molar-refractivity contribution in [3.05, 3.63) is 24.3 Å². The highest BCUT2D eigenvalue weighted by Gasteiger charge is 2.51. The third-order valence-electron chi connectivity index (χ3n) is 4.75. The number of fused-ring (bicyclic) bond motifs is 2. The Morgan fingerprint density at radius 2 is 1.96 bits per heavy atom. The van der Waals surface area contributed by atoms with Gasteiger partial charge < -0.3 is 10.1 Å². The molecule has 2 aliphatic rings. The summed E-state index contributed by atoms with van der Waals surface area (Å²) in [5, 5.41) is 19.1. The number of imide groups is 1. The van der Waals surface area contributed by atoms with Crippen molar-refractivity contribution >= 4 is 40.3 Å². The first-order valence-corrected chi connectivity index (χ1v) is 8.42. The molecule has 1 atom stereocenters. The lowest BCUT2D eigenvalue weighted by Crippen LogP contribution is -2.61. The molecular formula is C17H18N7O3+. The fourth-order valence-corrected chi connectivity index (χ4v) is 3.30. The summed E-state index contributed by atoms with van der Waals surface area (Å²) in [6.07, 6.45) is 0. The molecule has 10 heteroatoms. The van der Waals surface area contributed by atoms with Gasteiger partial charge in [-0.25, -0.2) is 9.37 Å². The van der Waals surface area contributed by atoms with Crippen LogP contribution < -0.4 is 0 Å². The van der Waals surface area contributed by atoms with Crippen LogP contribution in [0.25, 0.3) is 10.9 Å². The number of azo groups is 1. The minimum absolute atomic E-state index is 0.102. The number of aromatic hydroxyl groups is 1. The lowest BCUT2D eigenvalue weighted by molar-refractivity contribution is -0.532. The van der Waals surface area contributed by atoms with Gasteiger partial charge >= 0.3 is 12.0 Å². The van der Waals surface area contributed by atoms with E-state index in [0.717, 1.165) is 10.4 Å². The zero-order chi connectivity index (χ0) is 19.3. The van der Waals surface area contributed by atoms with Crippen molar-refractivity contribution in [1.29, 1.82) is 0 Å². The van der Waals surface area contributed by atoms with Gasteiger partial charge in [0, 0.05) is 24.6 Å². The van der Waals surface area contributed by atoms with Crippen molar-refractivity contribution < 1.29 is 19.3 Å². The van der Waals surface area contributed by atoms with E-state index in [0.29, 0.717) is 17.8 Å². The molecule has 2 aliphatic heterocycles. The van der Waals surface area contributed by atoms with E-state index >= 15 is 0 Å². The fraction of sp³-hybridized carbons (Fsp3) is 0.294. The predicted octanol–water partition coefficient (Wildman–Crippen LogP) is 1.65. The maximum atomic E-state index is 12.6. The first-order valence-electron chi connectivity index (χ1n) is 8.42. The number of hydrogen-bond acceptors (Lipinski definition) is 6. The van der Waals surface area contributed by atoms with Gasteiger partial charge in [0.25, 0.3) is 5.91 Å². The molecule has 2 N–H and O–H groups in total. The van der Waals surface area contributed by atoms with Crippen LogP contribution in [0.5, 0.6) is 5.88 Å². The summed E-state index contributed by atoms with van der Waals surface area (Å²) in [6, 6.07) is 6.15. The molecule has 1 unspecified atom stereocenters. The number of para-hydroxylation sites is 1. The number of aromatic nitrogens is 1. The van der Waals surface area contributed by atoms with Gasteiger partial charge in [-0.1, -0.05) is 23.3 Å². The van der Waals surface area contributed by atoms with Gasteiger partial charge in [0.2, 0.25) is 17.8 Å². The molecule has 3 heterocycles. The zero-order valence-corrected chi connectivity index (χ0v) is 15.0. The first-order chi connectivity index (χ1) is 12.9. The molecule has 0 bridgehead atoms. The number of urea groups is 1. The standard InChI is InChI=1S/C17H17N7O3/c1-4-24-12-13(22(2)17(27)23(3)15(12)26)19-16(24)21-20-11-9-7-5-6-8-10(9)18-14(11)25/h5-8,12H,4H2,1-3H3,(H,18,20,25)/p+1. The number of hydrogen-bond donors (Lipinski definition) is 2. The molecule has 0 spiro atoms. The molecule has 138 valence electrons. The van der Waals surface area contributed by atoms with Crippen molar-refractivity contribution in [3.8, 4) is 5.88 Å². The van der Waals surface area contributed by atoms with E-state index in [2.05, 4.69) is 20.2 Å². The topological polar surface area (TPSA) is 117 Å². The second-order valence-corrected chi connectivity index (χ2v) is 6.27. The molecule has 4 rings (SSSR count). The van der Waals surface area contributed by atoms with Gasteiger partial charge in [0.1, 0.15) is 0 Å². The van der Waals surface area contributed by atoms with E-state index in [4.69, 9.17) is 0 Å². The number of carbonyl (C=O) groups is 2. The summed E-state index contributed by atoms with van der Waals surface area (Å²) in [7, 11) is 3.01. The highest BCUT2D eigenvalue weighted by molar-refractivity contribution is 6.22. The molecule has 1 aromatic carbocycles. The molecule has 1 aromatic heterocycles. The molecule has 1 saturated heterocycles. The molecule has 0 radical (unpaired) electrons. The zero-order valence-electron chi connectivity index (χ0n) is 15.0. The second-order valence-electron chi connectivity index (χ2n) is 6.27. The first kappa shape index (κ1) is 16.9. The molecule has 10 nitrogen and oxygen atoms in total. The van der Waals surface area contributed by atoms with Crippen molar-refractivity contribution in [2.24, 2.45) is 15.2 Å². The van der Waals surface area contributed by atoms with Crippen LogP contribution in [-0.2, 0) is 4.79 Å². The van der Waals surface area contributed by atoms with Gasteiger partial charge in [-0.3, -0.25) is 14.6 Å². The quantitative estimate of drug-likeness (QED) is 0.620. The molecule has 1 fully saturated rings. The number of likely N-dealkylation sites (N-methyl/N-ethyl adjacent to an activating group) is 3. The molecule has 0 aliphatic carbocycles. The minimum atomic E-state index is -0.715. The number of nitrogens with zero attached hydrogens (tertiary/aromatic N) is 6. The Kier molecular flexibility index (Phi) is 3.76. The van der Waals surface area contributed by atoms with Crippen LogP contribution in [0.1, 0.15) is 6.92 Å². The van der Waals surface area contributed by atoms with Crippen LogP contribution in [0, 0.1) is 0 Å². The maximum absolute atomic E-state index is 12.6. The number of amidine groups is 1. The average Bonchev–Trinajstić information content (AvgIpc) is 3.19. The van der Waals surface area contributed by atoms with Crippen LogP contribution in [0.15, 0.2) is 39.5 Å². The normalized spacial score (nSPS) is 20.3.